The Morgan fingerprint density at radius 3 is 2.64 bits per heavy atom. The first-order valence-corrected chi connectivity index (χ1v) is 4.54. The third-order valence-electron chi connectivity index (χ3n) is 2.14. The second kappa shape index (κ2) is 2.80. The van der Waals surface area contributed by atoms with Crippen LogP contribution >= 0.6 is 0 Å². The molecule has 0 saturated heterocycles. The highest BCUT2D eigenvalue weighted by Gasteiger charge is 2.21. The topological polar surface area (TPSA) is 26.0 Å². The van der Waals surface area contributed by atoms with Crippen molar-refractivity contribution in [2.24, 2.45) is 0 Å². The van der Waals surface area contributed by atoms with Gasteiger partial charge in [-0.25, -0.2) is 4.39 Å². The maximum absolute atomic E-state index is 13.0. The molecule has 0 aliphatic rings. The molecular weight excluding hydrogens is 181 g/mol. The van der Waals surface area contributed by atoms with Crippen LogP contribution in [-0.2, 0) is 5.41 Å². The molecule has 0 spiro atoms. The normalized spacial score (nSPS) is 12.3. The summed E-state index contributed by atoms with van der Waals surface area (Å²) in [5.41, 5.74) is 1.31. The Balaban J connectivity index is 2.73. The van der Waals surface area contributed by atoms with Crippen LogP contribution in [0.5, 0.6) is 0 Å². The van der Waals surface area contributed by atoms with Crippen LogP contribution in [0, 0.1) is 5.82 Å². The van der Waals surface area contributed by atoms with Crippen LogP contribution in [0.15, 0.2) is 22.7 Å². The van der Waals surface area contributed by atoms with E-state index in [2.05, 4.69) is 5.16 Å². The van der Waals surface area contributed by atoms with Crippen LogP contribution in [-0.4, -0.2) is 5.16 Å². The van der Waals surface area contributed by atoms with E-state index in [9.17, 15) is 4.39 Å². The first kappa shape index (κ1) is 9.19. The summed E-state index contributed by atoms with van der Waals surface area (Å²) >= 11 is 0. The molecule has 2 aromatic rings. The standard InChI is InChI=1S/C11H12FNO/c1-11(2,3)10-8-6-7(12)4-5-9(8)14-13-10/h4-6H,1-3H3. The Morgan fingerprint density at radius 2 is 2.00 bits per heavy atom. The fourth-order valence-corrected chi connectivity index (χ4v) is 1.45. The molecule has 1 aromatic carbocycles. The van der Waals surface area contributed by atoms with Crippen molar-refractivity contribution in [2.75, 3.05) is 0 Å². The van der Waals surface area contributed by atoms with Gasteiger partial charge in [-0.1, -0.05) is 25.9 Å². The third-order valence-corrected chi connectivity index (χ3v) is 2.14. The monoisotopic (exact) mass is 193 g/mol. The number of benzene rings is 1. The van der Waals surface area contributed by atoms with E-state index in [1.54, 1.807) is 6.07 Å². The van der Waals surface area contributed by atoms with Crippen LogP contribution in [0.2, 0.25) is 0 Å². The second-order valence-corrected chi connectivity index (χ2v) is 4.42. The minimum Gasteiger partial charge on any atom is -0.356 e. The molecule has 0 bridgehead atoms. The maximum atomic E-state index is 13.0. The molecule has 14 heavy (non-hydrogen) atoms. The highest BCUT2D eigenvalue weighted by molar-refractivity contribution is 5.80. The highest BCUT2D eigenvalue weighted by Crippen LogP contribution is 2.29. The van der Waals surface area contributed by atoms with Crippen LogP contribution in [0.25, 0.3) is 11.0 Å². The second-order valence-electron chi connectivity index (χ2n) is 4.42. The fraction of sp³-hybridized carbons (Fsp3) is 0.364. The lowest BCUT2D eigenvalue weighted by Crippen LogP contribution is -2.11. The summed E-state index contributed by atoms with van der Waals surface area (Å²) in [7, 11) is 0. The van der Waals surface area contributed by atoms with Crippen LogP contribution in [0.3, 0.4) is 0 Å². The molecule has 0 unspecified atom stereocenters. The lowest BCUT2D eigenvalue weighted by Gasteiger charge is -2.14. The molecule has 0 amide bonds. The van der Waals surface area contributed by atoms with E-state index in [1.807, 2.05) is 20.8 Å². The van der Waals surface area contributed by atoms with Gasteiger partial charge in [0.1, 0.15) is 5.82 Å². The van der Waals surface area contributed by atoms with Gasteiger partial charge >= 0.3 is 0 Å². The van der Waals surface area contributed by atoms with Gasteiger partial charge in [-0.2, -0.15) is 0 Å². The molecule has 0 fully saturated rings. The minimum atomic E-state index is -0.258. The molecule has 0 radical (unpaired) electrons. The van der Waals surface area contributed by atoms with Gasteiger partial charge in [0, 0.05) is 10.8 Å². The van der Waals surface area contributed by atoms with Crippen molar-refractivity contribution in [1.29, 1.82) is 0 Å². The molecule has 2 nitrogen and oxygen atoms in total. The van der Waals surface area contributed by atoms with E-state index >= 15 is 0 Å². The Hall–Kier alpha value is -1.38. The van der Waals surface area contributed by atoms with Gasteiger partial charge in [-0.05, 0) is 18.2 Å². The summed E-state index contributed by atoms with van der Waals surface area (Å²) < 4.78 is 18.1. The lowest BCUT2D eigenvalue weighted by molar-refractivity contribution is 0.419. The number of hydrogen-bond acceptors (Lipinski definition) is 2. The Morgan fingerprint density at radius 1 is 1.29 bits per heavy atom. The van der Waals surface area contributed by atoms with E-state index in [1.165, 1.54) is 12.1 Å². The quantitative estimate of drug-likeness (QED) is 0.641. The van der Waals surface area contributed by atoms with Crippen molar-refractivity contribution in [3.05, 3.63) is 29.7 Å². The number of hydrogen-bond donors (Lipinski definition) is 0. The van der Waals surface area contributed by atoms with E-state index in [4.69, 9.17) is 4.52 Å². The Bertz CT molecular complexity index is 468. The number of halogens is 1. The summed E-state index contributed by atoms with van der Waals surface area (Å²) in [6.45, 7) is 6.07. The maximum Gasteiger partial charge on any atom is 0.167 e. The van der Waals surface area contributed by atoms with E-state index in [-0.39, 0.29) is 11.2 Å². The predicted octanol–water partition coefficient (Wildman–Crippen LogP) is 3.26. The molecule has 74 valence electrons. The van der Waals surface area contributed by atoms with E-state index < -0.39 is 0 Å². The van der Waals surface area contributed by atoms with Crippen molar-refractivity contribution in [1.82, 2.24) is 5.16 Å². The molecule has 0 N–H and O–H groups in total. The fourth-order valence-electron chi connectivity index (χ4n) is 1.45. The summed E-state index contributed by atoms with van der Waals surface area (Å²) in [6.07, 6.45) is 0. The molecule has 3 heteroatoms. The van der Waals surface area contributed by atoms with Crippen molar-refractivity contribution in [3.8, 4) is 0 Å². The summed E-state index contributed by atoms with van der Waals surface area (Å²) in [5.74, 6) is -0.258. The van der Waals surface area contributed by atoms with Gasteiger partial charge in [0.05, 0.1) is 5.69 Å². The number of fused-ring (bicyclic) bond motifs is 1. The van der Waals surface area contributed by atoms with Gasteiger partial charge in [-0.15, -0.1) is 0 Å². The largest absolute Gasteiger partial charge is 0.356 e. The minimum absolute atomic E-state index is 0.126. The van der Waals surface area contributed by atoms with Crippen molar-refractivity contribution >= 4 is 11.0 Å². The van der Waals surface area contributed by atoms with E-state index in [0.717, 1.165) is 11.1 Å². The molecule has 0 aliphatic heterocycles. The molecule has 0 aliphatic carbocycles. The zero-order chi connectivity index (χ0) is 10.3. The van der Waals surface area contributed by atoms with Gasteiger partial charge in [-0.3, -0.25) is 0 Å². The smallest absolute Gasteiger partial charge is 0.167 e. The lowest BCUT2D eigenvalue weighted by atomic mass is 9.90. The zero-order valence-corrected chi connectivity index (χ0v) is 8.47. The summed E-state index contributed by atoms with van der Waals surface area (Å²) in [4.78, 5) is 0. The number of nitrogens with zero attached hydrogens (tertiary/aromatic N) is 1. The predicted molar refractivity (Wildman–Crippen MR) is 52.7 cm³/mol. The highest BCUT2D eigenvalue weighted by atomic mass is 19.1. The van der Waals surface area contributed by atoms with Gasteiger partial charge < -0.3 is 4.52 Å². The van der Waals surface area contributed by atoms with Crippen molar-refractivity contribution in [2.45, 2.75) is 26.2 Å². The van der Waals surface area contributed by atoms with Crippen molar-refractivity contribution in [3.63, 3.8) is 0 Å². The Kier molecular flexibility index (Phi) is 1.84. The molecule has 0 atom stereocenters. The zero-order valence-electron chi connectivity index (χ0n) is 8.47. The first-order chi connectivity index (χ1) is 6.48. The molecule has 1 heterocycles. The molecule has 2 rings (SSSR count). The third kappa shape index (κ3) is 1.39. The Labute approximate surface area is 81.7 Å². The van der Waals surface area contributed by atoms with Crippen LogP contribution in [0.1, 0.15) is 26.5 Å². The average molecular weight is 193 g/mol. The van der Waals surface area contributed by atoms with Gasteiger partial charge in [0.2, 0.25) is 0 Å². The average Bonchev–Trinajstić information content (AvgIpc) is 2.45. The summed E-state index contributed by atoms with van der Waals surface area (Å²) in [5, 5.41) is 4.73. The SMILES string of the molecule is CC(C)(C)c1noc2ccc(F)cc12. The van der Waals surface area contributed by atoms with Gasteiger partial charge in [0.15, 0.2) is 5.58 Å². The number of aromatic nitrogens is 1. The first-order valence-electron chi connectivity index (χ1n) is 4.54. The van der Waals surface area contributed by atoms with Crippen molar-refractivity contribution < 1.29 is 8.91 Å². The van der Waals surface area contributed by atoms with E-state index in [0.29, 0.717) is 5.58 Å². The molecule has 0 saturated carbocycles. The van der Waals surface area contributed by atoms with Crippen LogP contribution < -0.4 is 0 Å². The van der Waals surface area contributed by atoms with Gasteiger partial charge in [0.25, 0.3) is 0 Å². The molecular formula is C11H12FNO. The summed E-state index contributed by atoms with van der Waals surface area (Å²) in [6, 6.07) is 4.44. The number of rotatable bonds is 0. The molecule has 1 aromatic heterocycles. The van der Waals surface area contributed by atoms with Crippen LogP contribution in [0.4, 0.5) is 4.39 Å².